The van der Waals surface area contributed by atoms with Crippen molar-refractivity contribution in [2.45, 2.75) is 31.3 Å². The van der Waals surface area contributed by atoms with Gasteiger partial charge in [0.05, 0.1) is 26.8 Å². The van der Waals surface area contributed by atoms with Gasteiger partial charge in [-0.1, -0.05) is 65.1 Å². The van der Waals surface area contributed by atoms with E-state index in [9.17, 15) is 14.4 Å². The first-order chi connectivity index (χ1) is 17.6. The Kier molecular flexibility index (Phi) is 16.0. The minimum absolute atomic E-state index is 0.141. The van der Waals surface area contributed by atoms with E-state index in [4.69, 9.17) is 52.0 Å². The Morgan fingerprint density at radius 2 is 1.57 bits per heavy atom. The van der Waals surface area contributed by atoms with Crippen LogP contribution in [0.15, 0.2) is 42.5 Å². The van der Waals surface area contributed by atoms with Gasteiger partial charge in [0.2, 0.25) is 11.8 Å². The van der Waals surface area contributed by atoms with E-state index in [0.29, 0.717) is 19.1 Å². The number of likely N-dealkylation sites (N-methyl/N-ethyl adjacent to an activating group) is 1. The number of aryl methyl sites for hydroxylation is 1. The van der Waals surface area contributed by atoms with Gasteiger partial charge in [-0.15, -0.1) is 0 Å². The third-order valence-electron chi connectivity index (χ3n) is 5.17. The Morgan fingerprint density at radius 1 is 0.973 bits per heavy atom. The molecule has 2 aromatic carbocycles. The third-order valence-corrected chi connectivity index (χ3v) is 6.21. The van der Waals surface area contributed by atoms with E-state index in [1.54, 1.807) is 0 Å². The number of rotatable bonds is 13. The van der Waals surface area contributed by atoms with Gasteiger partial charge < -0.3 is 37.5 Å². The second-order valence-electron chi connectivity index (χ2n) is 8.21. The Hall–Kier alpha value is -2.24. The fourth-order valence-electron chi connectivity index (χ4n) is 3.10. The van der Waals surface area contributed by atoms with E-state index >= 15 is 0 Å². The van der Waals surface area contributed by atoms with Gasteiger partial charge in [-0.05, 0) is 37.6 Å². The van der Waals surface area contributed by atoms with E-state index in [2.05, 4.69) is 15.5 Å². The highest BCUT2D eigenvalue weighted by molar-refractivity contribution is 6.44. The lowest BCUT2D eigenvalue weighted by Crippen LogP contribution is -2.50. The molecule has 2 rings (SSSR count). The molecule has 0 heterocycles. The average molecular weight is 574 g/mol. The van der Waals surface area contributed by atoms with Crippen molar-refractivity contribution in [3.63, 3.8) is 0 Å². The van der Waals surface area contributed by atoms with Crippen molar-refractivity contribution < 1.29 is 14.4 Å². The van der Waals surface area contributed by atoms with Gasteiger partial charge in [-0.3, -0.25) is 9.59 Å². The third kappa shape index (κ3) is 12.7. The van der Waals surface area contributed by atoms with Crippen LogP contribution in [0.5, 0.6) is 0 Å². The molecule has 37 heavy (non-hydrogen) atoms. The number of halogens is 3. The van der Waals surface area contributed by atoms with Crippen molar-refractivity contribution in [3.05, 3.63) is 63.1 Å². The number of amides is 2. The van der Waals surface area contributed by atoms with Crippen LogP contribution in [0, 0.1) is 0 Å². The number of hydrogen-bond donors (Lipinski definition) is 5. The summed E-state index contributed by atoms with van der Waals surface area (Å²) in [5.41, 5.74) is 17.5. The Labute approximate surface area is 233 Å². The molecule has 0 saturated heterocycles. The second kappa shape index (κ2) is 18.1. The Balaban J connectivity index is 0.000000738. The van der Waals surface area contributed by atoms with Crippen LogP contribution in [-0.4, -0.2) is 68.3 Å². The molecule has 0 fully saturated rings. The topological polar surface area (TPSA) is 157 Å². The molecule has 2 aromatic rings. The average Bonchev–Trinajstić information content (AvgIpc) is 2.86. The van der Waals surface area contributed by atoms with E-state index < -0.39 is 23.9 Å². The number of carbonyl (C=O) groups is 3. The molecule has 2 atom stereocenters. The van der Waals surface area contributed by atoms with Crippen molar-refractivity contribution in [1.29, 1.82) is 0 Å². The molecule has 0 saturated carbocycles. The largest absolute Gasteiger partial charge is 0.343 e. The predicted molar refractivity (Wildman–Crippen MR) is 151 cm³/mol. The smallest absolute Gasteiger partial charge is 0.247 e. The molecule has 0 aliphatic rings. The van der Waals surface area contributed by atoms with Crippen LogP contribution >= 0.6 is 34.8 Å². The van der Waals surface area contributed by atoms with Gasteiger partial charge in [-0.2, -0.15) is 0 Å². The molecule has 2 unspecified atom stereocenters. The van der Waals surface area contributed by atoms with Gasteiger partial charge in [0.1, 0.15) is 12.3 Å². The van der Waals surface area contributed by atoms with Crippen LogP contribution < -0.4 is 27.8 Å². The van der Waals surface area contributed by atoms with Gasteiger partial charge in [-0.25, -0.2) is 0 Å². The summed E-state index contributed by atoms with van der Waals surface area (Å²) >= 11 is 18.0. The van der Waals surface area contributed by atoms with Crippen LogP contribution in [0.4, 0.5) is 5.69 Å². The summed E-state index contributed by atoms with van der Waals surface area (Å²) < 4.78 is 0. The van der Waals surface area contributed by atoms with Gasteiger partial charge in [0.15, 0.2) is 0 Å². The second-order valence-corrected chi connectivity index (χ2v) is 9.43. The van der Waals surface area contributed by atoms with E-state index in [1.807, 2.05) is 37.4 Å². The number of aldehydes is 1. The molecular formula is C25H35Cl3N6O3. The minimum Gasteiger partial charge on any atom is -0.343 e. The molecule has 9 nitrogen and oxygen atoms in total. The van der Waals surface area contributed by atoms with Crippen molar-refractivity contribution in [2.24, 2.45) is 17.2 Å². The molecule has 0 aliphatic heterocycles. The maximum absolute atomic E-state index is 12.8. The van der Waals surface area contributed by atoms with Crippen LogP contribution in [0.3, 0.4) is 0 Å². The monoisotopic (exact) mass is 572 g/mol. The molecule has 0 aromatic heterocycles. The summed E-state index contributed by atoms with van der Waals surface area (Å²) in [5, 5.41) is 5.94. The van der Waals surface area contributed by atoms with Crippen LogP contribution in [-0.2, 0) is 20.8 Å². The molecular weight excluding hydrogens is 539 g/mol. The van der Waals surface area contributed by atoms with Gasteiger partial charge in [0, 0.05) is 32.6 Å². The quantitative estimate of drug-likeness (QED) is 0.182. The van der Waals surface area contributed by atoms with Gasteiger partial charge in [0.25, 0.3) is 0 Å². The SMILES string of the molecule is CN(CCN)CCN.NC(CC=O)C(=O)NC(CCc1ccccc1)C(=O)Nc1cc(Cl)c(Cl)cc1Cl. The number of nitrogens with one attached hydrogen (secondary N) is 2. The molecule has 8 N–H and O–H groups in total. The van der Waals surface area contributed by atoms with Crippen molar-refractivity contribution in [3.8, 4) is 0 Å². The zero-order valence-electron chi connectivity index (χ0n) is 20.8. The highest BCUT2D eigenvalue weighted by atomic mass is 35.5. The normalized spacial score (nSPS) is 12.2. The Morgan fingerprint density at radius 3 is 2.14 bits per heavy atom. The zero-order valence-corrected chi connectivity index (χ0v) is 23.0. The summed E-state index contributed by atoms with van der Waals surface area (Å²) in [4.78, 5) is 37.8. The molecule has 0 radical (unpaired) electrons. The summed E-state index contributed by atoms with van der Waals surface area (Å²) in [6.45, 7) is 3.32. The first kappa shape index (κ1) is 32.8. The standard InChI is InChI=1S/C20H20Cl3N3O3.C5H15N3/c21-13-10-15(23)18(11-14(13)22)26-20(29)17(25-19(28)16(24)8-9-27)7-6-12-4-2-1-3-5-12;1-8(4-2-6)5-3-7/h1-5,9-11,16-17H,6-8,24H2,(H,25,28)(H,26,29);2-7H2,1H3. The molecule has 2 amide bonds. The van der Waals surface area contributed by atoms with E-state index in [0.717, 1.165) is 31.7 Å². The number of anilines is 1. The summed E-state index contributed by atoms with van der Waals surface area (Å²) in [6, 6.07) is 10.4. The van der Waals surface area contributed by atoms with E-state index in [-0.39, 0.29) is 27.2 Å². The maximum atomic E-state index is 12.8. The molecule has 204 valence electrons. The van der Waals surface area contributed by atoms with Crippen LogP contribution in [0.2, 0.25) is 15.1 Å². The van der Waals surface area contributed by atoms with Crippen molar-refractivity contribution >= 4 is 58.6 Å². The number of nitrogens with zero attached hydrogens (tertiary/aromatic N) is 1. The number of hydrogen-bond acceptors (Lipinski definition) is 7. The first-order valence-electron chi connectivity index (χ1n) is 11.7. The predicted octanol–water partition coefficient (Wildman–Crippen LogP) is 2.45. The summed E-state index contributed by atoms with van der Waals surface area (Å²) in [5.74, 6) is -1.08. The summed E-state index contributed by atoms with van der Waals surface area (Å²) in [7, 11) is 2.01. The molecule has 0 aliphatic carbocycles. The fourth-order valence-corrected chi connectivity index (χ4v) is 3.70. The van der Waals surface area contributed by atoms with Crippen molar-refractivity contribution in [2.75, 3.05) is 38.5 Å². The first-order valence-corrected chi connectivity index (χ1v) is 12.8. The minimum atomic E-state index is -1.03. The van der Waals surface area contributed by atoms with E-state index in [1.165, 1.54) is 12.1 Å². The fraction of sp³-hybridized carbons (Fsp3) is 0.400. The Bertz CT molecular complexity index is 991. The number of benzene rings is 2. The lowest BCUT2D eigenvalue weighted by atomic mass is 10.0. The lowest BCUT2D eigenvalue weighted by molar-refractivity contribution is -0.128. The molecule has 12 heteroatoms. The summed E-state index contributed by atoms with van der Waals surface area (Å²) in [6.07, 6.45) is 1.27. The molecule has 0 bridgehead atoms. The molecule has 0 spiro atoms. The maximum Gasteiger partial charge on any atom is 0.247 e. The highest BCUT2D eigenvalue weighted by Crippen LogP contribution is 2.32. The van der Waals surface area contributed by atoms with Crippen LogP contribution in [0.25, 0.3) is 0 Å². The van der Waals surface area contributed by atoms with Gasteiger partial charge >= 0.3 is 0 Å². The highest BCUT2D eigenvalue weighted by Gasteiger charge is 2.24. The zero-order chi connectivity index (χ0) is 27.8. The number of nitrogens with two attached hydrogens (primary N) is 3. The van der Waals surface area contributed by atoms with Crippen molar-refractivity contribution in [1.82, 2.24) is 10.2 Å². The lowest BCUT2D eigenvalue weighted by Gasteiger charge is -2.21. The van der Waals surface area contributed by atoms with Crippen LogP contribution in [0.1, 0.15) is 18.4 Å². The number of carbonyl (C=O) groups excluding carboxylic acids is 3.